The number of benzene rings is 6. The van der Waals surface area contributed by atoms with Crippen LogP contribution in [0.5, 0.6) is 0 Å². The van der Waals surface area contributed by atoms with Gasteiger partial charge in [0.15, 0.2) is 0 Å². The van der Waals surface area contributed by atoms with Gasteiger partial charge in [-0.05, 0) is 82.6 Å². The van der Waals surface area contributed by atoms with E-state index in [4.69, 9.17) is 29.4 Å². The second-order valence-electron chi connectivity index (χ2n) is 15.6. The average Bonchev–Trinajstić information content (AvgIpc) is 3.54. The van der Waals surface area contributed by atoms with Crippen molar-refractivity contribution >= 4 is 186 Å². The summed E-state index contributed by atoms with van der Waals surface area (Å²) in [5, 5.41) is 21.2. The summed E-state index contributed by atoms with van der Waals surface area (Å²) >= 11 is 21.6. The van der Waals surface area contributed by atoms with Crippen molar-refractivity contribution in [2.75, 3.05) is 13.2 Å². The van der Waals surface area contributed by atoms with Gasteiger partial charge in [-0.2, -0.15) is 10.5 Å². The maximum absolute atomic E-state index is 10.8. The summed E-state index contributed by atoms with van der Waals surface area (Å²) in [4.78, 5) is 40.2. The Morgan fingerprint density at radius 3 is 0.831 bits per heavy atom. The molecule has 0 saturated heterocycles. The fourth-order valence-electron chi connectivity index (χ4n) is 7.89. The number of esters is 2. The van der Waals surface area contributed by atoms with Crippen LogP contribution < -0.4 is 103 Å². The zero-order valence-corrected chi connectivity index (χ0v) is 66.6. The minimum Gasteiger partial charge on any atom is -0.254 e. The predicted molar refractivity (Wildman–Crippen MR) is 359 cm³/mol. The summed E-state index contributed by atoms with van der Waals surface area (Å²) in [6.45, 7) is 3.70. The van der Waals surface area contributed by atoms with Crippen LogP contribution in [0, 0.1) is 22.7 Å². The van der Waals surface area contributed by atoms with Crippen LogP contribution in [0.4, 0.5) is 0 Å². The Morgan fingerprint density at radius 1 is 0.458 bits per heavy atom. The van der Waals surface area contributed by atoms with Gasteiger partial charge in [-0.15, -0.1) is 24.0 Å². The minimum absolute atomic E-state index is 0. The number of nitriles is 2. The Labute approximate surface area is 661 Å². The van der Waals surface area contributed by atoms with E-state index in [-0.39, 0.29) is 181 Å². The summed E-state index contributed by atoms with van der Waals surface area (Å²) in [6.07, 6.45) is 7.50. The van der Waals surface area contributed by atoms with E-state index in [0.29, 0.717) is 0 Å². The number of nitrogens with zero attached hydrogens (tertiary/aromatic N) is 6. The molecule has 0 saturated carbocycles. The summed E-state index contributed by atoms with van der Waals surface area (Å²) in [5.41, 5.74) is 12.8. The Balaban J connectivity index is 0.000000568. The normalized spacial score (nSPS) is 9.40. The molecule has 6 aromatic carbocycles. The predicted octanol–water partition coefficient (Wildman–Crippen LogP) is 10.8. The van der Waals surface area contributed by atoms with Crippen molar-refractivity contribution in [1.29, 1.82) is 10.5 Å². The molecule has 0 unspecified atom stereocenters. The number of hydrogen-bond donors (Lipinski definition) is 0. The third-order valence-electron chi connectivity index (χ3n) is 11.2. The van der Waals surface area contributed by atoms with E-state index >= 15 is 0 Å². The zero-order valence-electron chi connectivity index (χ0n) is 44.4. The molecule has 0 fully saturated rings. The summed E-state index contributed by atoms with van der Waals surface area (Å²) in [7, 11) is 9.75. The number of fused-ring (bicyclic) bond motifs is 6. The average molecular weight is 1960 g/mol. The maximum atomic E-state index is 10.8. The first-order chi connectivity index (χ1) is 38.5. The molecule has 0 bridgehead atoms. The van der Waals surface area contributed by atoms with E-state index in [0.717, 1.165) is 43.6 Å². The topological polar surface area (TPSA) is 152 Å². The molecule has 0 atom stereocenters. The molecule has 4 heterocycles. The molecule has 10 nitrogen and oxygen atoms in total. The van der Waals surface area contributed by atoms with Gasteiger partial charge in [-0.25, -0.2) is 9.59 Å². The number of carbonyl (C=O) groups excluding carboxylic acids is 2. The number of aromatic nitrogens is 4. The van der Waals surface area contributed by atoms with Crippen LogP contribution in [-0.4, -0.2) is 45.1 Å². The van der Waals surface area contributed by atoms with E-state index in [1.165, 1.54) is 44.5 Å². The van der Waals surface area contributed by atoms with Crippen LogP contribution in [0.25, 0.3) is 88.1 Å². The molecule has 10 rings (SSSR count). The second-order valence-corrected chi connectivity index (χ2v) is 21.1. The number of halogens is 5. The number of rotatable bonds is 8. The largest absolute Gasteiger partial charge is 2.00 e. The summed E-state index contributed by atoms with van der Waals surface area (Å²) in [6, 6.07) is 61.8. The molecule has 0 spiro atoms. The number of pyridine rings is 4. The van der Waals surface area contributed by atoms with Crippen LogP contribution in [0.15, 0.2) is 214 Å². The molecule has 418 valence electrons. The Morgan fingerprint density at radius 2 is 0.663 bits per heavy atom. The van der Waals surface area contributed by atoms with Gasteiger partial charge in [0.25, 0.3) is 0 Å². The van der Waals surface area contributed by atoms with Crippen molar-refractivity contribution in [3.63, 3.8) is 0 Å². The SMILES string of the molecule is CCOC(=O)C(C#N)=C([S-])[S-].CCOC(=O)C(C#N)=C([S-])[S-].I.II.[Cl][Pt][Cl].[K+].[K+].[Pt+2].c1ccc(-c2ccnc3c2ccc2c(-c4ccccc4)ccnc23)cc1.c1ccc(-c2ccnc3c2ccc2c(-c4ccccc4)ccnc23)cc1. The molecule has 4 aromatic heterocycles. The van der Waals surface area contributed by atoms with E-state index < -0.39 is 28.4 Å². The summed E-state index contributed by atoms with van der Waals surface area (Å²) in [5.74, 6) is -1.48. The van der Waals surface area contributed by atoms with Gasteiger partial charge >= 0.3 is 171 Å². The van der Waals surface area contributed by atoms with Gasteiger partial charge in [0.1, 0.15) is 12.1 Å². The van der Waals surface area contributed by atoms with Gasteiger partial charge in [0, 0.05) is 83.6 Å². The van der Waals surface area contributed by atoms with Crippen LogP contribution in [0.1, 0.15) is 13.8 Å². The Bertz CT molecular complexity index is 3380. The maximum Gasteiger partial charge on any atom is 2.00 e. The monoisotopic (exact) mass is 1960 g/mol. The Kier molecular flexibility index (Phi) is 42.4. The van der Waals surface area contributed by atoms with Gasteiger partial charge < -0.3 is 68.5 Å². The molecule has 0 radical (unpaired) electrons. The third kappa shape index (κ3) is 23.2. The molecule has 10 aromatic rings. The smallest absolute Gasteiger partial charge is 0.254 e. The van der Waals surface area contributed by atoms with Crippen molar-refractivity contribution in [3.05, 3.63) is 214 Å². The number of hydrogen-bond acceptors (Lipinski definition) is 14. The van der Waals surface area contributed by atoms with Crippen LogP contribution in [0.2, 0.25) is 0 Å². The van der Waals surface area contributed by atoms with Crippen molar-refractivity contribution in [1.82, 2.24) is 19.9 Å². The van der Waals surface area contributed by atoms with Crippen molar-refractivity contribution in [2.24, 2.45) is 0 Å². The van der Waals surface area contributed by atoms with Crippen LogP contribution in [0.3, 0.4) is 0 Å². The van der Waals surface area contributed by atoms with Gasteiger partial charge in [-0.1, -0.05) is 146 Å². The van der Waals surface area contributed by atoms with Crippen LogP contribution >= 0.6 is 80.0 Å². The Hall–Kier alpha value is -1.34. The third-order valence-corrected chi connectivity index (χ3v) is 12.0. The first-order valence-electron chi connectivity index (χ1n) is 23.3. The molecule has 0 N–H and O–H groups in total. The molecule has 0 amide bonds. The van der Waals surface area contributed by atoms with Crippen molar-refractivity contribution in [3.8, 4) is 56.6 Å². The summed E-state index contributed by atoms with van der Waals surface area (Å²) < 4.78 is 8.71. The van der Waals surface area contributed by atoms with E-state index in [2.05, 4.69) is 263 Å². The van der Waals surface area contributed by atoms with Gasteiger partial charge in [0.2, 0.25) is 0 Å². The molecule has 23 heteroatoms. The fourth-order valence-corrected chi connectivity index (χ4v) is 8.41. The molecule has 0 aliphatic heterocycles. The quantitative estimate of drug-likeness (QED) is 0.0270. The molecular weight excluding hydrogens is 1920 g/mol. The van der Waals surface area contributed by atoms with E-state index in [1.54, 1.807) is 26.0 Å². The van der Waals surface area contributed by atoms with Gasteiger partial charge in [0.05, 0.1) is 46.4 Å². The van der Waals surface area contributed by atoms with E-state index in [9.17, 15) is 9.59 Å². The number of carbonyl (C=O) groups is 2. The fraction of sp³-hybridized carbons (Fsp3) is 0.0667. The molecule has 0 aliphatic rings. The minimum atomic E-state index is -0.741. The number of ether oxygens (including phenoxy) is 2. The van der Waals surface area contributed by atoms with Crippen molar-refractivity contribution in [2.45, 2.75) is 13.8 Å². The van der Waals surface area contributed by atoms with Gasteiger partial charge in [-0.3, -0.25) is 19.9 Å². The molecule has 83 heavy (non-hydrogen) atoms. The molecular formula is C60H43Cl2I3K2N6O4Pt2S4. The van der Waals surface area contributed by atoms with Crippen LogP contribution in [-0.2, 0) is 107 Å². The van der Waals surface area contributed by atoms with E-state index in [1.807, 2.05) is 49.1 Å². The first kappa shape index (κ1) is 79.7. The first-order valence-corrected chi connectivity index (χ1v) is 36.9. The standard InChI is InChI=1S/2C24H16N2.2C6H7NO2S2.2ClH.I2.HI.2K.2Pt/c2*1-3-7-17(8-4-1)19-13-15-25-23-21(19)11-12-22-20(14-16-26-24(22)23)18-9-5-2-6-10-18;2*1-2-9-5(8)4(3-7)6(10)11;;;1-2;;;;;/h2*1-16H;2*10-11H,2H2,1H3;2*1H;;1H;;;;/q;;;;;;;;2*+1;2*+2/p-6. The zero-order chi connectivity index (χ0) is 57.1. The molecule has 0 aliphatic carbocycles. The second kappa shape index (κ2) is 44.2. The van der Waals surface area contributed by atoms with Crippen molar-refractivity contribution < 1.29 is 159 Å².